The average molecular weight is 403 g/mol. The fourth-order valence-electron chi connectivity index (χ4n) is 1.97. The molecule has 0 atom stereocenters. The van der Waals surface area contributed by atoms with Crippen LogP contribution in [0.5, 0.6) is 0 Å². The Kier molecular flexibility index (Phi) is 7.64. The van der Waals surface area contributed by atoms with Crippen molar-refractivity contribution in [2.75, 3.05) is 31.9 Å². The molecule has 1 fully saturated rings. The van der Waals surface area contributed by atoms with E-state index in [1.165, 1.54) is 0 Å². The number of nitrogens with zero attached hydrogens (tertiary/aromatic N) is 2. The summed E-state index contributed by atoms with van der Waals surface area (Å²) in [5.74, 6) is 1.04. The largest absolute Gasteiger partial charge is 0.357 e. The van der Waals surface area contributed by atoms with E-state index in [4.69, 9.17) is 0 Å². The SMILES string of the molecule is CCCN=C(NCC)N1CCS(=O)(=O)C(C)(C)C1.I. The molecule has 0 amide bonds. The molecule has 1 rings (SSSR count). The highest BCUT2D eigenvalue weighted by Gasteiger charge is 2.40. The van der Waals surface area contributed by atoms with Crippen molar-refractivity contribution in [1.82, 2.24) is 10.2 Å². The Morgan fingerprint density at radius 1 is 1.37 bits per heavy atom. The van der Waals surface area contributed by atoms with Gasteiger partial charge in [-0.3, -0.25) is 4.99 Å². The number of aliphatic imine (C=N–C) groups is 1. The number of sulfone groups is 1. The standard InChI is InChI=1S/C12H25N3O2S.HI/c1-5-7-14-11(13-6-2)15-8-9-18(16,17)12(3,4)10-15;/h5-10H2,1-4H3,(H,13,14);1H. The molecular formula is C12H26IN3O2S. The maximum atomic E-state index is 12.0. The third kappa shape index (κ3) is 4.77. The van der Waals surface area contributed by atoms with E-state index in [0.29, 0.717) is 13.1 Å². The van der Waals surface area contributed by atoms with Gasteiger partial charge in [-0.15, -0.1) is 24.0 Å². The van der Waals surface area contributed by atoms with Crippen LogP contribution in [0.25, 0.3) is 0 Å². The molecule has 19 heavy (non-hydrogen) atoms. The van der Waals surface area contributed by atoms with E-state index in [0.717, 1.165) is 25.5 Å². The third-order valence-corrected chi connectivity index (χ3v) is 5.70. The maximum absolute atomic E-state index is 12.0. The lowest BCUT2D eigenvalue weighted by Gasteiger charge is -2.39. The van der Waals surface area contributed by atoms with Crippen LogP contribution in [0.3, 0.4) is 0 Å². The van der Waals surface area contributed by atoms with Crippen LogP contribution >= 0.6 is 24.0 Å². The van der Waals surface area contributed by atoms with Gasteiger partial charge in [-0.2, -0.15) is 0 Å². The molecule has 0 spiro atoms. The fraction of sp³-hybridized carbons (Fsp3) is 0.917. The number of halogens is 1. The molecule has 1 aliphatic heterocycles. The van der Waals surface area contributed by atoms with Crippen LogP contribution in [-0.4, -0.2) is 56.0 Å². The first-order chi connectivity index (χ1) is 8.34. The van der Waals surface area contributed by atoms with E-state index in [-0.39, 0.29) is 29.7 Å². The molecule has 0 aliphatic carbocycles. The van der Waals surface area contributed by atoms with Gasteiger partial charge in [0.05, 0.1) is 10.5 Å². The minimum absolute atomic E-state index is 0. The Morgan fingerprint density at radius 2 is 2.00 bits per heavy atom. The molecule has 7 heteroatoms. The normalized spacial score (nSPS) is 21.7. The Labute approximate surface area is 134 Å². The van der Waals surface area contributed by atoms with Crippen LogP contribution in [0.4, 0.5) is 0 Å². The second-order valence-corrected chi connectivity index (χ2v) is 7.98. The van der Waals surface area contributed by atoms with Gasteiger partial charge in [-0.1, -0.05) is 6.92 Å². The van der Waals surface area contributed by atoms with Gasteiger partial charge in [0.25, 0.3) is 0 Å². The summed E-state index contributed by atoms with van der Waals surface area (Å²) in [4.78, 5) is 6.56. The van der Waals surface area contributed by atoms with Crippen molar-refractivity contribution >= 4 is 39.8 Å². The molecule has 0 aromatic heterocycles. The second kappa shape index (κ2) is 7.66. The molecule has 1 aliphatic rings. The second-order valence-electron chi connectivity index (χ2n) is 5.24. The summed E-state index contributed by atoms with van der Waals surface area (Å²) >= 11 is 0. The first-order valence-electron chi connectivity index (χ1n) is 6.59. The number of hydrogen-bond acceptors (Lipinski definition) is 3. The van der Waals surface area contributed by atoms with Crippen LogP contribution in [0.2, 0.25) is 0 Å². The smallest absolute Gasteiger partial charge is 0.193 e. The highest BCUT2D eigenvalue weighted by Crippen LogP contribution is 2.23. The Morgan fingerprint density at radius 3 is 2.47 bits per heavy atom. The van der Waals surface area contributed by atoms with Crippen molar-refractivity contribution in [2.24, 2.45) is 4.99 Å². The van der Waals surface area contributed by atoms with Gasteiger partial charge in [-0.25, -0.2) is 8.42 Å². The zero-order valence-corrected chi connectivity index (χ0v) is 15.4. The number of guanidine groups is 1. The molecule has 0 saturated carbocycles. The Hall–Kier alpha value is -0.0500. The highest BCUT2D eigenvalue weighted by atomic mass is 127. The fourth-order valence-corrected chi connectivity index (χ4v) is 3.33. The molecule has 0 unspecified atom stereocenters. The van der Waals surface area contributed by atoms with Gasteiger partial charge in [0.1, 0.15) is 0 Å². The van der Waals surface area contributed by atoms with E-state index >= 15 is 0 Å². The predicted octanol–water partition coefficient (Wildman–Crippen LogP) is 1.49. The van der Waals surface area contributed by atoms with Crippen molar-refractivity contribution in [1.29, 1.82) is 0 Å². The van der Waals surface area contributed by atoms with Crippen LogP contribution in [0.1, 0.15) is 34.1 Å². The summed E-state index contributed by atoms with van der Waals surface area (Å²) in [6, 6.07) is 0. The van der Waals surface area contributed by atoms with Crippen LogP contribution in [-0.2, 0) is 9.84 Å². The zero-order valence-electron chi connectivity index (χ0n) is 12.3. The number of hydrogen-bond donors (Lipinski definition) is 1. The molecule has 1 heterocycles. The number of nitrogens with one attached hydrogen (secondary N) is 1. The van der Waals surface area contributed by atoms with Gasteiger partial charge in [-0.05, 0) is 27.2 Å². The van der Waals surface area contributed by atoms with Crippen molar-refractivity contribution in [3.63, 3.8) is 0 Å². The van der Waals surface area contributed by atoms with E-state index in [1.807, 2.05) is 6.92 Å². The molecule has 1 N–H and O–H groups in total. The molecular weight excluding hydrogens is 377 g/mol. The third-order valence-electron chi connectivity index (χ3n) is 3.16. The average Bonchev–Trinajstić information content (AvgIpc) is 2.28. The molecule has 0 aromatic rings. The van der Waals surface area contributed by atoms with Gasteiger partial charge in [0.15, 0.2) is 15.8 Å². The van der Waals surface area contributed by atoms with Gasteiger partial charge in [0, 0.05) is 26.2 Å². The summed E-state index contributed by atoms with van der Waals surface area (Å²) in [5.41, 5.74) is 0. The van der Waals surface area contributed by atoms with E-state index in [1.54, 1.807) is 13.8 Å². The molecule has 1 saturated heterocycles. The summed E-state index contributed by atoms with van der Waals surface area (Å²) in [5, 5.41) is 3.23. The molecule has 0 radical (unpaired) electrons. The summed E-state index contributed by atoms with van der Waals surface area (Å²) < 4.78 is 23.2. The lowest BCUT2D eigenvalue weighted by molar-refractivity contribution is 0.353. The quantitative estimate of drug-likeness (QED) is 0.441. The number of rotatable bonds is 3. The summed E-state index contributed by atoms with van der Waals surface area (Å²) in [6.45, 7) is 10.3. The highest BCUT2D eigenvalue weighted by molar-refractivity contribution is 14.0. The first kappa shape index (κ1) is 18.9. The first-order valence-corrected chi connectivity index (χ1v) is 8.25. The minimum Gasteiger partial charge on any atom is -0.357 e. The van der Waals surface area contributed by atoms with E-state index in [9.17, 15) is 8.42 Å². The van der Waals surface area contributed by atoms with Crippen LogP contribution < -0.4 is 5.32 Å². The van der Waals surface area contributed by atoms with Crippen molar-refractivity contribution in [3.8, 4) is 0 Å². The topological polar surface area (TPSA) is 61.8 Å². The summed E-state index contributed by atoms with van der Waals surface area (Å²) in [6.07, 6.45) is 0.991. The minimum atomic E-state index is -2.99. The van der Waals surface area contributed by atoms with Crippen molar-refractivity contribution in [2.45, 2.75) is 38.9 Å². The lowest BCUT2D eigenvalue weighted by atomic mass is 10.2. The van der Waals surface area contributed by atoms with Crippen molar-refractivity contribution in [3.05, 3.63) is 0 Å². The van der Waals surface area contributed by atoms with E-state index in [2.05, 4.69) is 22.1 Å². The summed E-state index contributed by atoms with van der Waals surface area (Å²) in [7, 11) is -2.99. The van der Waals surface area contributed by atoms with Gasteiger partial charge >= 0.3 is 0 Å². The van der Waals surface area contributed by atoms with E-state index < -0.39 is 14.6 Å². The maximum Gasteiger partial charge on any atom is 0.193 e. The lowest BCUT2D eigenvalue weighted by Crippen LogP contribution is -2.57. The zero-order chi connectivity index (χ0) is 13.8. The van der Waals surface area contributed by atoms with Crippen LogP contribution in [0.15, 0.2) is 4.99 Å². The van der Waals surface area contributed by atoms with Gasteiger partial charge in [0.2, 0.25) is 0 Å². The monoisotopic (exact) mass is 403 g/mol. The molecule has 5 nitrogen and oxygen atoms in total. The Balaban J connectivity index is 0.00000324. The predicted molar refractivity (Wildman–Crippen MR) is 91.1 cm³/mol. The van der Waals surface area contributed by atoms with Crippen LogP contribution in [0, 0.1) is 0 Å². The van der Waals surface area contributed by atoms with Crippen molar-refractivity contribution < 1.29 is 8.42 Å². The molecule has 0 aromatic carbocycles. The molecule has 0 bridgehead atoms. The molecule has 114 valence electrons. The van der Waals surface area contributed by atoms with Gasteiger partial charge < -0.3 is 10.2 Å². The Bertz CT molecular complexity index is 407.